The Morgan fingerprint density at radius 1 is 1.29 bits per heavy atom. The number of hydrogen-bond acceptors (Lipinski definition) is 4. The molecule has 3 aliphatic rings. The van der Waals surface area contributed by atoms with Gasteiger partial charge in [-0.05, 0) is 73.5 Å². The zero-order valence-electron chi connectivity index (χ0n) is 14.4. The van der Waals surface area contributed by atoms with Crippen molar-refractivity contribution in [3.8, 4) is 11.5 Å². The first-order valence-corrected chi connectivity index (χ1v) is 9.16. The topological polar surface area (TPSA) is 66.8 Å². The number of carbonyl (C=O) groups excluding carboxylic acids is 1. The lowest BCUT2D eigenvalue weighted by atomic mass is 9.55. The highest BCUT2D eigenvalue weighted by Gasteiger charge is 2.55. The number of Topliss-reactive ketones (excluding diaryl/α,β-unsaturated/α-hetero) is 1. The maximum Gasteiger partial charge on any atom is 0.163 e. The minimum atomic E-state index is -0.237. The van der Waals surface area contributed by atoms with Gasteiger partial charge in [-0.15, -0.1) is 0 Å². The fourth-order valence-corrected chi connectivity index (χ4v) is 5.66. The van der Waals surface area contributed by atoms with Gasteiger partial charge in [0.15, 0.2) is 17.3 Å². The molecule has 5 atom stereocenters. The van der Waals surface area contributed by atoms with Crippen LogP contribution >= 0.6 is 0 Å². The predicted molar refractivity (Wildman–Crippen MR) is 90.5 cm³/mol. The number of ether oxygens (including phenoxy) is 1. The molecule has 130 valence electrons. The molecular formula is C20H26O4. The molecule has 0 bridgehead atoms. The molecule has 0 unspecified atom stereocenters. The first-order valence-electron chi connectivity index (χ1n) is 9.16. The Morgan fingerprint density at radius 2 is 2.08 bits per heavy atom. The fourth-order valence-electron chi connectivity index (χ4n) is 5.66. The lowest BCUT2D eigenvalue weighted by molar-refractivity contribution is -0.0208. The molecule has 0 saturated heterocycles. The molecule has 2 saturated carbocycles. The zero-order valence-corrected chi connectivity index (χ0v) is 14.4. The number of rotatable bonds is 2. The first kappa shape index (κ1) is 15.9. The number of fused-ring (bicyclic) bond motifs is 5. The van der Waals surface area contributed by atoms with Gasteiger partial charge in [-0.25, -0.2) is 0 Å². The number of phenolic OH excluding ortho intramolecular Hbond substituents is 1. The van der Waals surface area contributed by atoms with Gasteiger partial charge >= 0.3 is 0 Å². The number of carbonyl (C=O) groups is 1. The Hall–Kier alpha value is -1.55. The fraction of sp³-hybridized carbons (Fsp3) is 0.650. The molecule has 1 aromatic carbocycles. The Labute approximate surface area is 142 Å². The number of aromatic hydroxyl groups is 1. The predicted octanol–water partition coefficient (Wildman–Crippen LogP) is 3.65. The number of ketones is 1. The van der Waals surface area contributed by atoms with Crippen molar-refractivity contribution in [2.75, 3.05) is 6.61 Å². The molecule has 0 spiro atoms. The highest BCUT2D eigenvalue weighted by Crippen LogP contribution is 2.61. The molecule has 4 rings (SSSR count). The van der Waals surface area contributed by atoms with E-state index in [1.54, 1.807) is 6.07 Å². The molecule has 4 nitrogen and oxygen atoms in total. The standard InChI is InChI=1S/C20H26O4/c1-3-24-18-10-12-11-6-7-20(2)15(4-5-19(20)23)13(11)8-16(21)14(12)9-17(18)22/h9-11,13,15,19,22-23H,3-8H2,1-2H3/t11-,13-,15-,19+,20-/m1/s1. The van der Waals surface area contributed by atoms with Gasteiger partial charge in [0.25, 0.3) is 0 Å². The summed E-state index contributed by atoms with van der Waals surface area (Å²) in [4.78, 5) is 12.7. The molecule has 2 fully saturated rings. The van der Waals surface area contributed by atoms with Crippen molar-refractivity contribution in [1.82, 2.24) is 0 Å². The van der Waals surface area contributed by atoms with Gasteiger partial charge in [0, 0.05) is 12.0 Å². The van der Waals surface area contributed by atoms with Crippen LogP contribution in [0.15, 0.2) is 12.1 Å². The Bertz CT molecular complexity index is 682. The number of aliphatic hydroxyl groups excluding tert-OH is 1. The summed E-state index contributed by atoms with van der Waals surface area (Å²) in [6.45, 7) is 4.58. The van der Waals surface area contributed by atoms with Crippen LogP contribution in [-0.2, 0) is 0 Å². The van der Waals surface area contributed by atoms with E-state index in [0.717, 1.165) is 31.2 Å². The molecule has 0 radical (unpaired) electrons. The molecule has 4 heteroatoms. The molecule has 0 aromatic heterocycles. The quantitative estimate of drug-likeness (QED) is 0.868. The summed E-state index contributed by atoms with van der Waals surface area (Å²) in [5.41, 5.74) is 1.67. The Morgan fingerprint density at radius 3 is 2.83 bits per heavy atom. The lowest BCUT2D eigenvalue weighted by Crippen LogP contribution is -2.44. The van der Waals surface area contributed by atoms with Crippen LogP contribution in [0.1, 0.15) is 67.8 Å². The molecule has 0 amide bonds. The van der Waals surface area contributed by atoms with E-state index < -0.39 is 0 Å². The van der Waals surface area contributed by atoms with E-state index in [1.807, 2.05) is 13.0 Å². The SMILES string of the molecule is CCOc1cc2c(cc1O)C(=O)C[C@@H]1[C@@H]2CC[C@]2(C)[C@@H]1CC[C@@H]2O. The average molecular weight is 330 g/mol. The van der Waals surface area contributed by atoms with Gasteiger partial charge in [0.2, 0.25) is 0 Å². The second-order valence-corrected chi connectivity index (χ2v) is 7.98. The van der Waals surface area contributed by atoms with E-state index in [1.165, 1.54) is 0 Å². The van der Waals surface area contributed by atoms with E-state index >= 15 is 0 Å². The van der Waals surface area contributed by atoms with E-state index in [-0.39, 0.29) is 23.1 Å². The molecule has 24 heavy (non-hydrogen) atoms. The van der Waals surface area contributed by atoms with Gasteiger partial charge in [-0.3, -0.25) is 4.79 Å². The summed E-state index contributed by atoms with van der Waals surface area (Å²) < 4.78 is 5.54. The average Bonchev–Trinajstić information content (AvgIpc) is 2.85. The van der Waals surface area contributed by atoms with E-state index in [2.05, 4.69) is 6.92 Å². The largest absolute Gasteiger partial charge is 0.504 e. The smallest absolute Gasteiger partial charge is 0.163 e. The third-order valence-corrected chi connectivity index (χ3v) is 6.94. The van der Waals surface area contributed by atoms with Crippen LogP contribution in [0.25, 0.3) is 0 Å². The number of hydrogen-bond donors (Lipinski definition) is 2. The van der Waals surface area contributed by atoms with Crippen LogP contribution < -0.4 is 4.74 Å². The van der Waals surface area contributed by atoms with E-state index in [0.29, 0.717) is 42.1 Å². The van der Waals surface area contributed by atoms with Crippen molar-refractivity contribution < 1.29 is 19.7 Å². The van der Waals surface area contributed by atoms with Crippen molar-refractivity contribution in [3.63, 3.8) is 0 Å². The van der Waals surface area contributed by atoms with Crippen LogP contribution in [0.5, 0.6) is 11.5 Å². The minimum absolute atomic E-state index is 0.0430. The third kappa shape index (κ3) is 2.12. The molecule has 2 N–H and O–H groups in total. The van der Waals surface area contributed by atoms with Crippen molar-refractivity contribution >= 4 is 5.78 Å². The second kappa shape index (κ2) is 5.48. The first-order chi connectivity index (χ1) is 11.5. The lowest BCUT2D eigenvalue weighted by Gasteiger charge is -2.49. The normalized spacial score (nSPS) is 37.5. The van der Waals surface area contributed by atoms with Crippen molar-refractivity contribution in [2.45, 2.75) is 58.0 Å². The Kier molecular flexibility index (Phi) is 3.64. The van der Waals surface area contributed by atoms with Crippen LogP contribution in [-0.4, -0.2) is 28.7 Å². The number of phenols is 1. The van der Waals surface area contributed by atoms with Gasteiger partial charge in [0.1, 0.15) is 0 Å². The van der Waals surface area contributed by atoms with Crippen molar-refractivity contribution in [1.29, 1.82) is 0 Å². The monoisotopic (exact) mass is 330 g/mol. The van der Waals surface area contributed by atoms with Crippen molar-refractivity contribution in [2.24, 2.45) is 17.3 Å². The van der Waals surface area contributed by atoms with Crippen LogP contribution in [0.2, 0.25) is 0 Å². The summed E-state index contributed by atoms with van der Waals surface area (Å²) >= 11 is 0. The molecule has 0 heterocycles. The van der Waals surface area contributed by atoms with Crippen LogP contribution in [0, 0.1) is 17.3 Å². The summed E-state index contributed by atoms with van der Waals surface area (Å²) in [6.07, 6.45) is 4.16. The minimum Gasteiger partial charge on any atom is -0.504 e. The second-order valence-electron chi connectivity index (χ2n) is 7.98. The molecule has 1 aromatic rings. The summed E-state index contributed by atoms with van der Waals surface area (Å²) in [7, 11) is 0. The highest BCUT2D eigenvalue weighted by molar-refractivity contribution is 5.99. The third-order valence-electron chi connectivity index (χ3n) is 6.94. The molecule has 3 aliphatic carbocycles. The van der Waals surface area contributed by atoms with Gasteiger partial charge in [-0.1, -0.05) is 6.92 Å². The molecule has 0 aliphatic heterocycles. The number of benzene rings is 1. The van der Waals surface area contributed by atoms with Gasteiger partial charge in [0.05, 0.1) is 12.7 Å². The van der Waals surface area contributed by atoms with Crippen LogP contribution in [0.3, 0.4) is 0 Å². The molecular weight excluding hydrogens is 304 g/mol. The van der Waals surface area contributed by atoms with Crippen molar-refractivity contribution in [3.05, 3.63) is 23.3 Å². The zero-order chi connectivity index (χ0) is 17.1. The number of aliphatic hydroxyl groups is 1. The maximum absolute atomic E-state index is 12.7. The van der Waals surface area contributed by atoms with Gasteiger partial charge in [-0.2, -0.15) is 0 Å². The van der Waals surface area contributed by atoms with E-state index in [9.17, 15) is 15.0 Å². The summed E-state index contributed by atoms with van der Waals surface area (Å²) in [6, 6.07) is 3.48. The van der Waals surface area contributed by atoms with E-state index in [4.69, 9.17) is 4.74 Å². The van der Waals surface area contributed by atoms with Gasteiger partial charge < -0.3 is 14.9 Å². The summed E-state index contributed by atoms with van der Waals surface area (Å²) in [5, 5.41) is 20.6. The highest BCUT2D eigenvalue weighted by atomic mass is 16.5. The maximum atomic E-state index is 12.7. The summed E-state index contributed by atoms with van der Waals surface area (Å²) in [5.74, 6) is 1.70. The Balaban J connectivity index is 1.76. The van der Waals surface area contributed by atoms with Crippen LogP contribution in [0.4, 0.5) is 0 Å².